The number of sulfonamides is 1. The maximum Gasteiger partial charge on any atom is 0.261 e. The van der Waals surface area contributed by atoms with E-state index in [4.69, 9.17) is 0 Å². The Morgan fingerprint density at radius 2 is 1.68 bits per heavy atom. The lowest BCUT2D eigenvalue weighted by molar-refractivity contribution is 0.0981. The van der Waals surface area contributed by atoms with Crippen molar-refractivity contribution in [3.63, 3.8) is 0 Å². The molecule has 5 nitrogen and oxygen atoms in total. The van der Waals surface area contributed by atoms with Crippen molar-refractivity contribution in [2.75, 3.05) is 9.62 Å². The third kappa shape index (κ3) is 3.39. The second-order valence-electron chi connectivity index (χ2n) is 6.86. The second-order valence-corrected chi connectivity index (χ2v) is 8.54. The van der Waals surface area contributed by atoms with Gasteiger partial charge in [-0.1, -0.05) is 42.5 Å². The minimum atomic E-state index is -3.71. The molecule has 0 aliphatic carbocycles. The highest BCUT2D eigenvalue weighted by atomic mass is 32.2. The molecule has 0 aromatic heterocycles. The average Bonchev–Trinajstić information content (AvgIpc) is 3.03. The van der Waals surface area contributed by atoms with Gasteiger partial charge in [-0.2, -0.15) is 0 Å². The van der Waals surface area contributed by atoms with Crippen molar-refractivity contribution in [2.45, 2.75) is 24.3 Å². The van der Waals surface area contributed by atoms with E-state index in [-0.39, 0.29) is 16.8 Å². The second kappa shape index (κ2) is 7.13. The maximum atomic E-state index is 13.2. The van der Waals surface area contributed by atoms with Crippen LogP contribution in [0, 0.1) is 0 Å². The Kier molecular flexibility index (Phi) is 4.65. The molecule has 1 heterocycles. The topological polar surface area (TPSA) is 66.5 Å². The zero-order valence-corrected chi connectivity index (χ0v) is 16.2. The molecule has 3 aromatic rings. The zero-order valence-electron chi connectivity index (χ0n) is 15.4. The summed E-state index contributed by atoms with van der Waals surface area (Å²) >= 11 is 0. The fourth-order valence-electron chi connectivity index (χ4n) is 3.54. The van der Waals surface area contributed by atoms with Crippen LogP contribution in [0.15, 0.2) is 83.8 Å². The summed E-state index contributed by atoms with van der Waals surface area (Å²) in [5.41, 5.74) is 2.85. The van der Waals surface area contributed by atoms with E-state index in [1.165, 1.54) is 12.1 Å². The lowest BCUT2D eigenvalue weighted by Gasteiger charge is -2.23. The van der Waals surface area contributed by atoms with Crippen LogP contribution in [0.2, 0.25) is 0 Å². The normalized spacial score (nSPS) is 15.9. The predicted molar refractivity (Wildman–Crippen MR) is 110 cm³/mol. The summed E-state index contributed by atoms with van der Waals surface area (Å²) < 4.78 is 27.6. The van der Waals surface area contributed by atoms with Gasteiger partial charge in [0.2, 0.25) is 0 Å². The maximum absolute atomic E-state index is 13.2. The van der Waals surface area contributed by atoms with Crippen molar-refractivity contribution in [3.05, 3.63) is 90.0 Å². The number of carbonyl (C=O) groups excluding carboxylic acids is 1. The molecule has 4 rings (SSSR count). The van der Waals surface area contributed by atoms with E-state index in [9.17, 15) is 13.2 Å². The summed E-state index contributed by atoms with van der Waals surface area (Å²) in [7, 11) is -3.71. The number of benzene rings is 3. The lowest BCUT2D eigenvalue weighted by atomic mass is 10.1. The van der Waals surface area contributed by atoms with E-state index in [2.05, 4.69) is 4.72 Å². The van der Waals surface area contributed by atoms with Gasteiger partial charge in [-0.3, -0.25) is 9.52 Å². The molecular formula is C22H20N2O3S. The fraction of sp³-hybridized carbons (Fsp3) is 0.136. The minimum absolute atomic E-state index is 0.0505. The van der Waals surface area contributed by atoms with Gasteiger partial charge < -0.3 is 4.90 Å². The van der Waals surface area contributed by atoms with Crippen LogP contribution >= 0.6 is 0 Å². The smallest absolute Gasteiger partial charge is 0.261 e. The van der Waals surface area contributed by atoms with Crippen molar-refractivity contribution >= 4 is 27.3 Å². The number of anilines is 2. The van der Waals surface area contributed by atoms with Crippen LogP contribution in [0.4, 0.5) is 11.4 Å². The molecule has 1 aliphatic heterocycles. The molecule has 6 heteroatoms. The highest BCUT2D eigenvalue weighted by molar-refractivity contribution is 7.92. The van der Waals surface area contributed by atoms with Crippen molar-refractivity contribution < 1.29 is 13.2 Å². The molecule has 0 saturated heterocycles. The van der Waals surface area contributed by atoms with Crippen LogP contribution in [-0.2, 0) is 16.4 Å². The number of carbonyl (C=O) groups is 1. The van der Waals surface area contributed by atoms with E-state index in [0.29, 0.717) is 11.3 Å². The Labute approximate surface area is 164 Å². The zero-order chi connectivity index (χ0) is 19.7. The standard InChI is InChI=1S/C22H20N2O3S/c1-16-14-17-8-5-6-13-21(17)24(16)22(25)18-9-7-10-19(15-18)23-28(26,27)20-11-3-2-4-12-20/h2-13,15-16,23H,14H2,1H3/t16-/m0/s1. The molecular weight excluding hydrogens is 372 g/mol. The highest BCUT2D eigenvalue weighted by Gasteiger charge is 2.31. The number of rotatable bonds is 4. The van der Waals surface area contributed by atoms with Gasteiger partial charge in [0.05, 0.1) is 4.90 Å². The van der Waals surface area contributed by atoms with E-state index in [1.54, 1.807) is 47.4 Å². The van der Waals surface area contributed by atoms with E-state index >= 15 is 0 Å². The lowest BCUT2D eigenvalue weighted by Crippen LogP contribution is -2.35. The molecule has 28 heavy (non-hydrogen) atoms. The van der Waals surface area contributed by atoms with Gasteiger partial charge >= 0.3 is 0 Å². The first-order valence-corrected chi connectivity index (χ1v) is 10.5. The van der Waals surface area contributed by atoms with Crippen LogP contribution < -0.4 is 9.62 Å². The number of hydrogen-bond acceptors (Lipinski definition) is 3. The van der Waals surface area contributed by atoms with Gasteiger partial charge in [0, 0.05) is 23.0 Å². The van der Waals surface area contributed by atoms with Crippen molar-refractivity contribution in [1.82, 2.24) is 0 Å². The molecule has 0 fully saturated rings. The summed E-state index contributed by atoms with van der Waals surface area (Å²) in [4.78, 5) is 15.1. The quantitative estimate of drug-likeness (QED) is 0.728. The van der Waals surface area contributed by atoms with E-state index < -0.39 is 10.0 Å². The fourth-order valence-corrected chi connectivity index (χ4v) is 4.61. The van der Waals surface area contributed by atoms with Crippen LogP contribution in [0.5, 0.6) is 0 Å². The summed E-state index contributed by atoms with van der Waals surface area (Å²) in [6, 6.07) is 22.7. The molecule has 0 unspecified atom stereocenters. The number of amides is 1. The molecule has 1 aliphatic rings. The largest absolute Gasteiger partial charge is 0.305 e. The number of nitrogens with one attached hydrogen (secondary N) is 1. The van der Waals surface area contributed by atoms with Crippen molar-refractivity contribution in [2.24, 2.45) is 0 Å². The predicted octanol–water partition coefficient (Wildman–Crippen LogP) is 4.08. The Morgan fingerprint density at radius 3 is 2.46 bits per heavy atom. The SMILES string of the molecule is C[C@H]1Cc2ccccc2N1C(=O)c1cccc(NS(=O)(=O)c2ccccc2)c1. The molecule has 0 radical (unpaired) electrons. The molecule has 3 aromatic carbocycles. The number of para-hydroxylation sites is 1. The number of nitrogens with zero attached hydrogens (tertiary/aromatic N) is 1. The van der Waals surface area contributed by atoms with Crippen LogP contribution in [0.25, 0.3) is 0 Å². The van der Waals surface area contributed by atoms with Gasteiger partial charge in [0.1, 0.15) is 0 Å². The van der Waals surface area contributed by atoms with Gasteiger partial charge in [-0.25, -0.2) is 8.42 Å². The van der Waals surface area contributed by atoms with Crippen LogP contribution in [0.1, 0.15) is 22.8 Å². The van der Waals surface area contributed by atoms with E-state index in [0.717, 1.165) is 17.7 Å². The van der Waals surface area contributed by atoms with Crippen molar-refractivity contribution in [3.8, 4) is 0 Å². The van der Waals surface area contributed by atoms with Crippen LogP contribution in [0.3, 0.4) is 0 Å². The summed E-state index contributed by atoms with van der Waals surface area (Å²) in [6.07, 6.45) is 0.808. The Balaban J connectivity index is 1.62. The molecule has 1 N–H and O–H groups in total. The van der Waals surface area contributed by atoms with Gasteiger partial charge in [0.15, 0.2) is 0 Å². The number of fused-ring (bicyclic) bond motifs is 1. The Bertz CT molecular complexity index is 1130. The number of hydrogen-bond donors (Lipinski definition) is 1. The minimum Gasteiger partial charge on any atom is -0.305 e. The van der Waals surface area contributed by atoms with Crippen LogP contribution in [-0.4, -0.2) is 20.4 Å². The third-order valence-corrected chi connectivity index (χ3v) is 6.24. The Hall–Kier alpha value is -3.12. The van der Waals surface area contributed by atoms with E-state index in [1.807, 2.05) is 31.2 Å². The summed E-state index contributed by atoms with van der Waals surface area (Å²) in [6.45, 7) is 2.01. The van der Waals surface area contributed by atoms with Gasteiger partial charge in [-0.05, 0) is 55.3 Å². The first kappa shape index (κ1) is 18.3. The highest BCUT2D eigenvalue weighted by Crippen LogP contribution is 2.33. The molecule has 1 amide bonds. The van der Waals surface area contributed by atoms with Gasteiger partial charge in [0.25, 0.3) is 15.9 Å². The molecule has 0 bridgehead atoms. The molecule has 142 valence electrons. The molecule has 0 spiro atoms. The molecule has 1 atom stereocenters. The summed E-state index contributed by atoms with van der Waals surface area (Å²) in [5, 5.41) is 0. The third-order valence-electron chi connectivity index (χ3n) is 4.84. The average molecular weight is 392 g/mol. The monoisotopic (exact) mass is 392 g/mol. The Morgan fingerprint density at radius 1 is 0.964 bits per heavy atom. The first-order valence-electron chi connectivity index (χ1n) is 9.05. The van der Waals surface area contributed by atoms with Gasteiger partial charge in [-0.15, -0.1) is 0 Å². The molecule has 0 saturated carbocycles. The first-order chi connectivity index (χ1) is 13.5. The summed E-state index contributed by atoms with van der Waals surface area (Å²) in [5.74, 6) is -0.141. The van der Waals surface area contributed by atoms with Crippen molar-refractivity contribution in [1.29, 1.82) is 0 Å².